The number of piperidine rings is 1. The minimum atomic E-state index is -0.564. The van der Waals surface area contributed by atoms with Crippen LogP contribution < -0.4 is 4.74 Å². The van der Waals surface area contributed by atoms with Gasteiger partial charge in [0.1, 0.15) is 5.75 Å². The molecule has 0 aromatic heterocycles. The summed E-state index contributed by atoms with van der Waals surface area (Å²) < 4.78 is 5.77. The lowest BCUT2D eigenvalue weighted by molar-refractivity contribution is -0.143. The first-order valence-corrected chi connectivity index (χ1v) is 7.78. The second kappa shape index (κ2) is 7.14. The molecule has 1 aromatic carbocycles. The average molecular weight is 312 g/mol. The molecule has 0 saturated carbocycles. The molecule has 1 heterocycles. The molecule has 21 heavy (non-hydrogen) atoms. The normalized spacial score (nSPS) is 23.7. The third-order valence-corrected chi connectivity index (χ3v) is 4.29. The second-order valence-corrected chi connectivity index (χ2v) is 5.97. The zero-order valence-electron chi connectivity index (χ0n) is 12.5. The van der Waals surface area contributed by atoms with Gasteiger partial charge in [0.05, 0.1) is 11.1 Å². The lowest BCUT2D eigenvalue weighted by atomic mass is 9.95. The first-order chi connectivity index (χ1) is 10.0. The molecule has 1 amide bonds. The molecular formula is C16H22ClNO3. The summed E-state index contributed by atoms with van der Waals surface area (Å²) in [5.41, 5.74) is 0. The highest BCUT2D eigenvalue weighted by Gasteiger charge is 2.31. The summed E-state index contributed by atoms with van der Waals surface area (Å²) in [5.74, 6) is 0.673. The van der Waals surface area contributed by atoms with Gasteiger partial charge in [-0.25, -0.2) is 0 Å². The Balaban J connectivity index is 2.04. The number of likely N-dealkylation sites (tertiary alicyclic amines) is 1. The van der Waals surface area contributed by atoms with E-state index in [1.54, 1.807) is 17.0 Å². The summed E-state index contributed by atoms with van der Waals surface area (Å²) in [4.78, 5) is 14.2. The highest BCUT2D eigenvalue weighted by molar-refractivity contribution is 6.32. The zero-order valence-corrected chi connectivity index (χ0v) is 13.2. The van der Waals surface area contributed by atoms with Crippen LogP contribution in [0, 0.1) is 5.92 Å². The number of benzene rings is 1. The standard InChI is InChI=1S/C16H22ClNO3/c1-3-14(21-15-7-5-4-6-12(15)17)16(20)18-9-8-11(2)13(19)10-18/h4-7,11,13-14,19H,3,8-10H2,1-2H3. The van der Waals surface area contributed by atoms with Crippen molar-refractivity contribution in [1.29, 1.82) is 0 Å². The van der Waals surface area contributed by atoms with Crippen LogP contribution in [-0.4, -0.2) is 41.2 Å². The molecular weight excluding hydrogens is 290 g/mol. The molecule has 0 bridgehead atoms. The van der Waals surface area contributed by atoms with Crippen molar-refractivity contribution >= 4 is 17.5 Å². The van der Waals surface area contributed by atoms with Crippen molar-refractivity contribution in [3.63, 3.8) is 0 Å². The molecule has 0 spiro atoms. The van der Waals surface area contributed by atoms with E-state index in [9.17, 15) is 9.90 Å². The lowest BCUT2D eigenvalue weighted by Crippen LogP contribution is -2.50. The van der Waals surface area contributed by atoms with Crippen LogP contribution in [0.1, 0.15) is 26.7 Å². The molecule has 3 unspecified atom stereocenters. The van der Waals surface area contributed by atoms with E-state index in [1.165, 1.54) is 0 Å². The third kappa shape index (κ3) is 3.89. The number of nitrogens with zero attached hydrogens (tertiary/aromatic N) is 1. The fourth-order valence-corrected chi connectivity index (χ4v) is 2.63. The molecule has 0 aliphatic carbocycles. The van der Waals surface area contributed by atoms with Gasteiger partial charge in [-0.3, -0.25) is 4.79 Å². The molecule has 2 rings (SSSR count). The number of β-amino-alcohol motifs (C(OH)–C–C–N with tert-alkyl or cyclic N) is 1. The quantitative estimate of drug-likeness (QED) is 0.930. The summed E-state index contributed by atoms with van der Waals surface area (Å²) in [6, 6.07) is 7.14. The number of carbonyl (C=O) groups is 1. The number of para-hydroxylation sites is 1. The first-order valence-electron chi connectivity index (χ1n) is 7.41. The van der Waals surface area contributed by atoms with Crippen molar-refractivity contribution in [2.75, 3.05) is 13.1 Å². The smallest absolute Gasteiger partial charge is 0.263 e. The summed E-state index contributed by atoms with van der Waals surface area (Å²) >= 11 is 6.07. The number of aliphatic hydroxyl groups excluding tert-OH is 1. The van der Waals surface area contributed by atoms with Crippen molar-refractivity contribution < 1.29 is 14.6 Å². The summed E-state index contributed by atoms with van der Waals surface area (Å²) in [6.45, 7) is 4.95. The fourth-order valence-electron chi connectivity index (χ4n) is 2.45. The van der Waals surface area contributed by atoms with Crippen LogP contribution in [0.15, 0.2) is 24.3 Å². The maximum absolute atomic E-state index is 12.5. The summed E-state index contributed by atoms with van der Waals surface area (Å²) in [6.07, 6.45) is 0.354. The van der Waals surface area contributed by atoms with Gasteiger partial charge in [-0.1, -0.05) is 37.6 Å². The van der Waals surface area contributed by atoms with Crippen molar-refractivity contribution in [2.45, 2.75) is 38.9 Å². The van der Waals surface area contributed by atoms with Gasteiger partial charge in [-0.15, -0.1) is 0 Å². The molecule has 3 atom stereocenters. The average Bonchev–Trinajstić information content (AvgIpc) is 2.48. The Labute approximate surface area is 130 Å². The topological polar surface area (TPSA) is 49.8 Å². The van der Waals surface area contributed by atoms with Crippen molar-refractivity contribution in [1.82, 2.24) is 4.90 Å². The van der Waals surface area contributed by atoms with E-state index in [0.29, 0.717) is 30.3 Å². The molecule has 1 fully saturated rings. The number of hydrogen-bond acceptors (Lipinski definition) is 3. The van der Waals surface area contributed by atoms with E-state index in [-0.39, 0.29) is 11.8 Å². The number of hydrogen-bond donors (Lipinski definition) is 1. The van der Waals surface area contributed by atoms with Crippen LogP contribution in [-0.2, 0) is 4.79 Å². The predicted molar refractivity (Wildman–Crippen MR) is 82.5 cm³/mol. The van der Waals surface area contributed by atoms with Gasteiger partial charge in [0.15, 0.2) is 6.10 Å². The number of amides is 1. The Bertz CT molecular complexity index is 494. The van der Waals surface area contributed by atoms with Crippen LogP contribution in [0.3, 0.4) is 0 Å². The number of rotatable bonds is 4. The van der Waals surface area contributed by atoms with Gasteiger partial charge in [0.2, 0.25) is 0 Å². The molecule has 116 valence electrons. The molecule has 0 radical (unpaired) electrons. The maximum atomic E-state index is 12.5. The molecule has 1 aromatic rings. The minimum Gasteiger partial charge on any atom is -0.479 e. The van der Waals surface area contributed by atoms with Crippen LogP contribution in [0.2, 0.25) is 5.02 Å². The van der Waals surface area contributed by atoms with Crippen molar-refractivity contribution in [3.05, 3.63) is 29.3 Å². The van der Waals surface area contributed by atoms with Gasteiger partial charge in [0, 0.05) is 13.1 Å². The van der Waals surface area contributed by atoms with E-state index in [1.807, 2.05) is 26.0 Å². The van der Waals surface area contributed by atoms with E-state index in [0.717, 1.165) is 6.42 Å². The van der Waals surface area contributed by atoms with E-state index in [2.05, 4.69) is 0 Å². The van der Waals surface area contributed by atoms with Crippen molar-refractivity contribution in [2.24, 2.45) is 5.92 Å². The van der Waals surface area contributed by atoms with E-state index >= 15 is 0 Å². The van der Waals surface area contributed by atoms with Gasteiger partial charge in [-0.05, 0) is 30.9 Å². The van der Waals surface area contributed by atoms with Crippen LogP contribution in [0.25, 0.3) is 0 Å². The Morgan fingerprint density at radius 1 is 1.52 bits per heavy atom. The molecule has 1 aliphatic rings. The Morgan fingerprint density at radius 2 is 2.24 bits per heavy atom. The first kappa shape index (κ1) is 16.1. The van der Waals surface area contributed by atoms with E-state index < -0.39 is 12.2 Å². The second-order valence-electron chi connectivity index (χ2n) is 5.56. The SMILES string of the molecule is CCC(Oc1ccccc1Cl)C(=O)N1CCC(C)C(O)C1. The highest BCUT2D eigenvalue weighted by atomic mass is 35.5. The fraction of sp³-hybridized carbons (Fsp3) is 0.562. The Kier molecular flexibility index (Phi) is 5.48. The van der Waals surface area contributed by atoms with Gasteiger partial charge >= 0.3 is 0 Å². The number of aliphatic hydroxyl groups is 1. The lowest BCUT2D eigenvalue weighted by Gasteiger charge is -2.36. The van der Waals surface area contributed by atoms with Gasteiger partial charge < -0.3 is 14.7 Å². The molecule has 1 saturated heterocycles. The molecule has 5 heteroatoms. The Morgan fingerprint density at radius 3 is 2.86 bits per heavy atom. The number of carbonyl (C=O) groups excluding carboxylic acids is 1. The molecule has 1 N–H and O–H groups in total. The number of ether oxygens (including phenoxy) is 1. The zero-order chi connectivity index (χ0) is 15.4. The summed E-state index contributed by atoms with van der Waals surface area (Å²) in [7, 11) is 0. The van der Waals surface area contributed by atoms with Crippen LogP contribution in [0.4, 0.5) is 0 Å². The van der Waals surface area contributed by atoms with Crippen molar-refractivity contribution in [3.8, 4) is 5.75 Å². The monoisotopic (exact) mass is 311 g/mol. The van der Waals surface area contributed by atoms with E-state index in [4.69, 9.17) is 16.3 Å². The predicted octanol–water partition coefficient (Wildman–Crippen LogP) is 2.73. The minimum absolute atomic E-state index is 0.0802. The molecule has 4 nitrogen and oxygen atoms in total. The van der Waals surface area contributed by atoms with Crippen LogP contribution in [0.5, 0.6) is 5.75 Å². The summed E-state index contributed by atoms with van der Waals surface area (Å²) in [5, 5.41) is 10.4. The largest absolute Gasteiger partial charge is 0.479 e. The van der Waals surface area contributed by atoms with Gasteiger partial charge in [0.25, 0.3) is 5.91 Å². The van der Waals surface area contributed by atoms with Gasteiger partial charge in [-0.2, -0.15) is 0 Å². The Hall–Kier alpha value is -1.26. The third-order valence-electron chi connectivity index (χ3n) is 3.98. The maximum Gasteiger partial charge on any atom is 0.263 e. The highest BCUT2D eigenvalue weighted by Crippen LogP contribution is 2.26. The number of halogens is 1. The van der Waals surface area contributed by atoms with Crippen LogP contribution >= 0.6 is 11.6 Å². The molecule has 1 aliphatic heterocycles.